The van der Waals surface area contributed by atoms with Gasteiger partial charge in [-0.15, -0.1) is 0 Å². The third-order valence-corrected chi connectivity index (χ3v) is 2.21. The van der Waals surface area contributed by atoms with Crippen molar-refractivity contribution < 1.29 is 18.7 Å². The third-order valence-electron chi connectivity index (χ3n) is 1.99. The highest BCUT2D eigenvalue weighted by molar-refractivity contribution is 7.80. The van der Waals surface area contributed by atoms with Gasteiger partial charge in [0.1, 0.15) is 0 Å². The minimum atomic E-state index is -3.53. The summed E-state index contributed by atoms with van der Waals surface area (Å²) in [5.74, 6) is -2.21. The molecule has 94 valence electrons. The summed E-state index contributed by atoms with van der Waals surface area (Å²) in [5, 5.41) is 16.1. The molecule has 0 aromatic carbocycles. The Bertz CT molecular complexity index is 295. The summed E-state index contributed by atoms with van der Waals surface area (Å²) in [6.07, 6.45) is -0.301. The SMILES string of the molecule is CC(=N)N(C(C)(F)F)C(N)(CCS)C(=O)O. The number of hydrogen-bond donors (Lipinski definition) is 4. The van der Waals surface area contributed by atoms with Crippen molar-refractivity contribution in [2.45, 2.75) is 32.0 Å². The maximum Gasteiger partial charge on any atom is 0.344 e. The number of rotatable bonds is 5. The van der Waals surface area contributed by atoms with Gasteiger partial charge in [0, 0.05) is 13.3 Å². The highest BCUT2D eigenvalue weighted by Crippen LogP contribution is 2.28. The molecule has 0 amide bonds. The van der Waals surface area contributed by atoms with Gasteiger partial charge in [-0.1, -0.05) is 0 Å². The van der Waals surface area contributed by atoms with Crippen LogP contribution in [0.2, 0.25) is 0 Å². The van der Waals surface area contributed by atoms with Crippen LogP contribution in [0.15, 0.2) is 0 Å². The number of carbonyl (C=O) groups is 1. The van der Waals surface area contributed by atoms with E-state index in [1.54, 1.807) is 0 Å². The van der Waals surface area contributed by atoms with Crippen LogP contribution in [0.3, 0.4) is 0 Å². The first-order valence-corrected chi connectivity index (χ1v) is 5.07. The molecule has 0 aromatic heterocycles. The average molecular weight is 255 g/mol. The van der Waals surface area contributed by atoms with E-state index >= 15 is 0 Å². The Morgan fingerprint density at radius 2 is 2.06 bits per heavy atom. The molecule has 5 nitrogen and oxygen atoms in total. The van der Waals surface area contributed by atoms with Crippen LogP contribution in [0.1, 0.15) is 20.3 Å². The number of nitrogens with zero attached hydrogens (tertiary/aromatic N) is 1. The molecule has 0 aromatic rings. The molecule has 0 heterocycles. The fourth-order valence-corrected chi connectivity index (χ4v) is 1.77. The highest BCUT2D eigenvalue weighted by atomic mass is 32.1. The number of alkyl halides is 2. The van der Waals surface area contributed by atoms with Crippen LogP contribution < -0.4 is 5.73 Å². The molecule has 1 atom stereocenters. The standard InChI is InChI=1S/C8H15F2N3O2S/c1-5(11)13(7(2,9)10)8(12,3-4-16)6(14)15/h11,16H,3-4,12H2,1-2H3,(H,14,15). The van der Waals surface area contributed by atoms with Crippen LogP contribution in [-0.2, 0) is 4.79 Å². The first kappa shape index (κ1) is 15.1. The molecular weight excluding hydrogens is 240 g/mol. The monoisotopic (exact) mass is 255 g/mol. The Hall–Kier alpha value is -0.890. The maximum atomic E-state index is 13.2. The molecule has 0 saturated heterocycles. The Kier molecular flexibility index (Phi) is 4.68. The van der Waals surface area contributed by atoms with Gasteiger partial charge in [0.05, 0.1) is 5.84 Å². The highest BCUT2D eigenvalue weighted by Gasteiger charge is 2.50. The second-order valence-corrected chi connectivity index (χ2v) is 3.91. The summed E-state index contributed by atoms with van der Waals surface area (Å²) in [6.45, 7) is 1.55. The lowest BCUT2D eigenvalue weighted by Crippen LogP contribution is -2.67. The summed E-state index contributed by atoms with van der Waals surface area (Å²) in [6, 6.07) is -3.53. The number of carboxylic acid groups (broad SMARTS) is 1. The van der Waals surface area contributed by atoms with E-state index in [-0.39, 0.29) is 17.1 Å². The fourth-order valence-electron chi connectivity index (χ4n) is 1.43. The number of amidine groups is 1. The minimum absolute atomic E-state index is 0.0165. The molecule has 0 saturated carbocycles. The van der Waals surface area contributed by atoms with Crippen LogP contribution in [0.5, 0.6) is 0 Å². The number of nitrogens with one attached hydrogen (secondary N) is 1. The molecule has 0 bridgehead atoms. The van der Waals surface area contributed by atoms with Crippen molar-refractivity contribution in [1.82, 2.24) is 4.90 Å². The molecule has 16 heavy (non-hydrogen) atoms. The normalized spacial score (nSPS) is 15.4. The Morgan fingerprint density at radius 3 is 2.25 bits per heavy atom. The zero-order valence-corrected chi connectivity index (χ0v) is 9.89. The van der Waals surface area contributed by atoms with Crippen molar-refractivity contribution in [1.29, 1.82) is 5.41 Å². The largest absolute Gasteiger partial charge is 0.478 e. The summed E-state index contributed by atoms with van der Waals surface area (Å²) in [5.41, 5.74) is 3.11. The summed E-state index contributed by atoms with van der Waals surface area (Å²) < 4.78 is 26.5. The third kappa shape index (κ3) is 3.05. The number of carboxylic acids is 1. The van der Waals surface area contributed by atoms with Crippen molar-refractivity contribution in [3.05, 3.63) is 0 Å². The summed E-state index contributed by atoms with van der Waals surface area (Å²) in [7, 11) is 0. The second-order valence-electron chi connectivity index (χ2n) is 3.47. The molecule has 0 radical (unpaired) electrons. The van der Waals surface area contributed by atoms with E-state index < -0.39 is 23.5 Å². The van der Waals surface area contributed by atoms with Gasteiger partial charge in [-0.05, 0) is 12.7 Å². The minimum Gasteiger partial charge on any atom is -0.478 e. The van der Waals surface area contributed by atoms with E-state index in [1.807, 2.05) is 0 Å². The number of thiol groups is 1. The van der Waals surface area contributed by atoms with Crippen LogP contribution in [-0.4, -0.2) is 39.3 Å². The molecule has 0 rings (SSSR count). The van der Waals surface area contributed by atoms with Crippen molar-refractivity contribution in [3.63, 3.8) is 0 Å². The number of hydrogen-bond acceptors (Lipinski definition) is 4. The van der Waals surface area contributed by atoms with Gasteiger partial charge in [-0.2, -0.15) is 21.4 Å². The molecule has 4 N–H and O–H groups in total. The summed E-state index contributed by atoms with van der Waals surface area (Å²) in [4.78, 5) is 11.1. The summed E-state index contributed by atoms with van der Waals surface area (Å²) >= 11 is 3.78. The first-order valence-electron chi connectivity index (χ1n) is 4.43. The van der Waals surface area contributed by atoms with E-state index in [2.05, 4.69) is 12.6 Å². The van der Waals surface area contributed by atoms with Gasteiger partial charge in [0.25, 0.3) is 0 Å². The van der Waals surface area contributed by atoms with E-state index in [0.717, 1.165) is 6.92 Å². The Balaban J connectivity index is 5.45. The molecule has 0 aliphatic heterocycles. The zero-order valence-electron chi connectivity index (χ0n) is 9.00. The van der Waals surface area contributed by atoms with Gasteiger partial charge < -0.3 is 5.11 Å². The Labute approximate surface area is 97.5 Å². The molecule has 1 unspecified atom stereocenters. The number of halogens is 2. The Morgan fingerprint density at radius 1 is 1.62 bits per heavy atom. The van der Waals surface area contributed by atoms with Gasteiger partial charge in [-0.3, -0.25) is 16.0 Å². The topological polar surface area (TPSA) is 90.4 Å². The molecule has 0 spiro atoms. The van der Waals surface area contributed by atoms with Crippen molar-refractivity contribution in [3.8, 4) is 0 Å². The zero-order chi connectivity index (χ0) is 13.1. The van der Waals surface area contributed by atoms with Gasteiger partial charge >= 0.3 is 12.0 Å². The van der Waals surface area contributed by atoms with Crippen LogP contribution in [0.25, 0.3) is 0 Å². The number of nitrogens with two attached hydrogens (primary N) is 1. The van der Waals surface area contributed by atoms with Gasteiger partial charge in [-0.25, -0.2) is 4.79 Å². The predicted octanol–water partition coefficient (Wildman–Crippen LogP) is 0.958. The van der Waals surface area contributed by atoms with Crippen molar-refractivity contribution in [2.75, 3.05) is 5.75 Å². The van der Waals surface area contributed by atoms with Crippen LogP contribution >= 0.6 is 12.6 Å². The van der Waals surface area contributed by atoms with Gasteiger partial charge in [0.15, 0.2) is 5.66 Å². The van der Waals surface area contributed by atoms with Crippen molar-refractivity contribution in [2.24, 2.45) is 5.73 Å². The van der Waals surface area contributed by atoms with Crippen LogP contribution in [0.4, 0.5) is 8.78 Å². The van der Waals surface area contributed by atoms with Crippen molar-refractivity contribution >= 4 is 24.4 Å². The van der Waals surface area contributed by atoms with E-state index in [0.29, 0.717) is 6.92 Å². The predicted molar refractivity (Wildman–Crippen MR) is 58.9 cm³/mol. The first-order chi connectivity index (χ1) is 7.07. The number of aliphatic carboxylic acids is 1. The van der Waals surface area contributed by atoms with E-state index in [1.165, 1.54) is 0 Å². The van der Waals surface area contributed by atoms with Crippen LogP contribution in [0, 0.1) is 5.41 Å². The molecule has 0 fully saturated rings. The van der Waals surface area contributed by atoms with Gasteiger partial charge in [0.2, 0.25) is 0 Å². The lowest BCUT2D eigenvalue weighted by atomic mass is 10.1. The maximum absolute atomic E-state index is 13.2. The smallest absolute Gasteiger partial charge is 0.344 e. The average Bonchev–Trinajstić information content (AvgIpc) is 1.99. The molecule has 0 aliphatic carbocycles. The fraction of sp³-hybridized carbons (Fsp3) is 0.750. The lowest BCUT2D eigenvalue weighted by Gasteiger charge is -2.41. The molecule has 8 heteroatoms. The second kappa shape index (κ2) is 4.96. The van der Waals surface area contributed by atoms with E-state index in [4.69, 9.17) is 16.2 Å². The van der Waals surface area contributed by atoms with E-state index in [9.17, 15) is 13.6 Å². The quantitative estimate of drug-likeness (QED) is 0.194. The molecular formula is C8H15F2N3O2S. The lowest BCUT2D eigenvalue weighted by molar-refractivity contribution is -0.174. The molecule has 0 aliphatic rings.